The number of hydrogen-bond acceptors (Lipinski definition) is 1. The van der Waals surface area contributed by atoms with Crippen molar-refractivity contribution >= 4 is 43.2 Å². The van der Waals surface area contributed by atoms with Gasteiger partial charge in [0.1, 0.15) is 0 Å². The zero-order valence-electron chi connectivity index (χ0n) is 7.68. The Bertz CT molecular complexity index is 299. The molecule has 0 bridgehead atoms. The third-order valence-electron chi connectivity index (χ3n) is 2.70. The highest BCUT2D eigenvalue weighted by atomic mass is 79.9. The fourth-order valence-electron chi connectivity index (χ4n) is 1.59. The first-order chi connectivity index (χ1) is 6.09. The van der Waals surface area contributed by atoms with Crippen molar-refractivity contribution in [1.82, 2.24) is 0 Å². The maximum absolute atomic E-state index is 3.79. The van der Waals surface area contributed by atoms with Crippen molar-refractivity contribution in [3.8, 4) is 0 Å². The molecule has 1 aromatic heterocycles. The molecule has 0 aliphatic heterocycles. The van der Waals surface area contributed by atoms with Crippen LogP contribution in [0.25, 0.3) is 0 Å². The molecule has 3 heteroatoms. The molecule has 0 saturated heterocycles. The lowest BCUT2D eigenvalue weighted by atomic mass is 10.2. The van der Waals surface area contributed by atoms with Crippen LogP contribution in [0.4, 0.5) is 0 Å². The summed E-state index contributed by atoms with van der Waals surface area (Å²) in [6.45, 7) is 4.48. The molecule has 3 atom stereocenters. The Hall–Kier alpha value is 0.660. The predicted molar refractivity (Wildman–Crippen MR) is 65.7 cm³/mol. The van der Waals surface area contributed by atoms with Crippen molar-refractivity contribution < 1.29 is 0 Å². The van der Waals surface area contributed by atoms with Crippen molar-refractivity contribution in [3.05, 3.63) is 20.3 Å². The molecule has 1 heterocycles. The largest absolute Gasteiger partial charge is 0.132 e. The number of hydrogen-bond donors (Lipinski definition) is 0. The summed E-state index contributed by atoms with van der Waals surface area (Å²) in [4.78, 5) is 2.05. The van der Waals surface area contributed by atoms with Gasteiger partial charge in [-0.25, -0.2) is 0 Å². The molecule has 0 radical (unpaired) electrons. The van der Waals surface area contributed by atoms with Crippen LogP contribution in [0.5, 0.6) is 0 Å². The molecule has 13 heavy (non-hydrogen) atoms. The Morgan fingerprint density at radius 2 is 2.23 bits per heavy atom. The van der Waals surface area contributed by atoms with E-state index in [0.29, 0.717) is 4.83 Å². The third kappa shape index (κ3) is 2.02. The van der Waals surface area contributed by atoms with E-state index in [-0.39, 0.29) is 0 Å². The zero-order valence-corrected chi connectivity index (χ0v) is 11.7. The normalized spacial score (nSPS) is 28.9. The average molecular weight is 324 g/mol. The second-order valence-electron chi connectivity index (χ2n) is 3.88. The Kier molecular flexibility index (Phi) is 2.87. The number of halogens is 2. The van der Waals surface area contributed by atoms with Gasteiger partial charge < -0.3 is 0 Å². The third-order valence-corrected chi connectivity index (χ3v) is 6.39. The molecule has 1 saturated carbocycles. The summed E-state index contributed by atoms with van der Waals surface area (Å²) in [6.07, 6.45) is 1.38. The van der Waals surface area contributed by atoms with Crippen LogP contribution in [0.2, 0.25) is 0 Å². The lowest BCUT2D eigenvalue weighted by molar-refractivity contribution is 0.749. The van der Waals surface area contributed by atoms with Gasteiger partial charge in [0.15, 0.2) is 0 Å². The van der Waals surface area contributed by atoms with Crippen molar-refractivity contribution in [2.75, 3.05) is 0 Å². The molecular formula is C10H12Br2S. The topological polar surface area (TPSA) is 0 Å². The van der Waals surface area contributed by atoms with Crippen LogP contribution in [-0.2, 0) is 0 Å². The van der Waals surface area contributed by atoms with Crippen molar-refractivity contribution in [1.29, 1.82) is 0 Å². The highest BCUT2D eigenvalue weighted by Gasteiger charge is 2.39. The number of aryl methyl sites for hydroxylation is 1. The van der Waals surface area contributed by atoms with Crippen LogP contribution in [0, 0.1) is 18.8 Å². The fourth-order valence-corrected chi connectivity index (χ4v) is 4.36. The van der Waals surface area contributed by atoms with Crippen LogP contribution >= 0.6 is 43.2 Å². The smallest absolute Gasteiger partial charge is 0.0730 e. The maximum Gasteiger partial charge on any atom is 0.0730 e. The Morgan fingerprint density at radius 1 is 1.62 bits per heavy atom. The molecule has 72 valence electrons. The van der Waals surface area contributed by atoms with Crippen LogP contribution < -0.4 is 0 Å². The Balaban J connectivity index is 2.16. The van der Waals surface area contributed by atoms with Gasteiger partial charge >= 0.3 is 0 Å². The summed E-state index contributed by atoms with van der Waals surface area (Å²) >= 11 is 9.22. The molecule has 0 spiro atoms. The van der Waals surface area contributed by atoms with E-state index in [0.717, 1.165) is 11.8 Å². The molecule has 0 nitrogen and oxygen atoms in total. The molecule has 0 N–H and O–H groups in total. The van der Waals surface area contributed by atoms with Crippen LogP contribution in [0.15, 0.2) is 9.85 Å². The molecule has 1 aliphatic carbocycles. The van der Waals surface area contributed by atoms with E-state index in [1.54, 1.807) is 0 Å². The molecule has 1 aliphatic rings. The van der Waals surface area contributed by atoms with E-state index < -0.39 is 0 Å². The Labute approximate surface area is 100.0 Å². The maximum atomic E-state index is 3.79. The number of alkyl halides is 1. The monoisotopic (exact) mass is 322 g/mol. The predicted octanol–water partition coefficient (Wildman–Crippen LogP) is 4.91. The molecule has 3 unspecified atom stereocenters. The van der Waals surface area contributed by atoms with Crippen molar-refractivity contribution in [2.24, 2.45) is 11.8 Å². The molecule has 1 aromatic rings. The van der Waals surface area contributed by atoms with Gasteiger partial charge in [0.2, 0.25) is 0 Å². The van der Waals surface area contributed by atoms with Gasteiger partial charge in [-0.3, -0.25) is 0 Å². The average Bonchev–Trinajstić information content (AvgIpc) is 2.70. The van der Waals surface area contributed by atoms with Gasteiger partial charge in [-0.15, -0.1) is 11.3 Å². The summed E-state index contributed by atoms with van der Waals surface area (Å²) in [5.74, 6) is 1.77. The lowest BCUT2D eigenvalue weighted by Gasteiger charge is -2.04. The fraction of sp³-hybridized carbons (Fsp3) is 0.600. The van der Waals surface area contributed by atoms with Gasteiger partial charge in [0, 0.05) is 4.88 Å². The molecule has 1 fully saturated rings. The van der Waals surface area contributed by atoms with Gasteiger partial charge in [-0.1, -0.05) is 22.9 Å². The summed E-state index contributed by atoms with van der Waals surface area (Å²) in [5, 5.41) is 0. The highest BCUT2D eigenvalue weighted by molar-refractivity contribution is 9.11. The van der Waals surface area contributed by atoms with E-state index in [1.165, 1.54) is 20.6 Å². The van der Waals surface area contributed by atoms with Gasteiger partial charge in [-0.05, 0) is 52.7 Å². The molecule has 2 rings (SSSR count). The molecule has 0 amide bonds. The minimum Gasteiger partial charge on any atom is -0.132 e. The van der Waals surface area contributed by atoms with E-state index in [4.69, 9.17) is 0 Å². The van der Waals surface area contributed by atoms with E-state index in [1.807, 2.05) is 11.3 Å². The quantitative estimate of drug-likeness (QED) is 0.678. The van der Waals surface area contributed by atoms with Crippen LogP contribution in [0.1, 0.15) is 28.6 Å². The summed E-state index contributed by atoms with van der Waals surface area (Å²) in [5.41, 5.74) is 1.36. The standard InChI is InChI=1S/C10H12Br2S/c1-5-3-7(5)9(11)8-4-6(2)10(12)13-8/h4-5,7,9H,3H2,1-2H3. The minimum atomic E-state index is 0.581. The Morgan fingerprint density at radius 3 is 2.62 bits per heavy atom. The van der Waals surface area contributed by atoms with Gasteiger partial charge in [-0.2, -0.15) is 0 Å². The first-order valence-electron chi connectivity index (χ1n) is 4.49. The number of rotatable bonds is 2. The second kappa shape index (κ2) is 3.67. The number of thiophene rings is 1. The highest BCUT2D eigenvalue weighted by Crippen LogP contribution is 2.53. The zero-order chi connectivity index (χ0) is 9.59. The minimum absolute atomic E-state index is 0.581. The summed E-state index contributed by atoms with van der Waals surface area (Å²) in [7, 11) is 0. The first kappa shape index (κ1) is 10.2. The van der Waals surface area contributed by atoms with Crippen molar-refractivity contribution in [2.45, 2.75) is 25.1 Å². The van der Waals surface area contributed by atoms with E-state index >= 15 is 0 Å². The lowest BCUT2D eigenvalue weighted by Crippen LogP contribution is -1.89. The van der Waals surface area contributed by atoms with E-state index in [9.17, 15) is 0 Å². The molecular weight excluding hydrogens is 312 g/mol. The summed E-state index contributed by atoms with van der Waals surface area (Å²) in [6, 6.07) is 2.29. The SMILES string of the molecule is Cc1cc(C(Br)C2CC2C)sc1Br. The van der Waals surface area contributed by atoms with Crippen LogP contribution in [0.3, 0.4) is 0 Å². The first-order valence-corrected chi connectivity index (χ1v) is 7.02. The molecule has 0 aromatic carbocycles. The summed E-state index contributed by atoms with van der Waals surface area (Å²) < 4.78 is 1.28. The van der Waals surface area contributed by atoms with Crippen molar-refractivity contribution in [3.63, 3.8) is 0 Å². The van der Waals surface area contributed by atoms with E-state index in [2.05, 4.69) is 51.8 Å². The van der Waals surface area contributed by atoms with Gasteiger partial charge in [0.05, 0.1) is 8.61 Å². The second-order valence-corrected chi connectivity index (χ2v) is 7.27. The van der Waals surface area contributed by atoms with Crippen LogP contribution in [-0.4, -0.2) is 0 Å². The van der Waals surface area contributed by atoms with Gasteiger partial charge in [0.25, 0.3) is 0 Å².